The Labute approximate surface area is 84.1 Å². The summed E-state index contributed by atoms with van der Waals surface area (Å²) in [6.45, 7) is 14.5. The van der Waals surface area contributed by atoms with Crippen LogP contribution in [0.4, 0.5) is 0 Å². The van der Waals surface area contributed by atoms with Crippen LogP contribution in [0.3, 0.4) is 0 Å². The van der Waals surface area contributed by atoms with Gasteiger partial charge in [-0.05, 0) is 35.5 Å². The molecule has 0 aromatic rings. The van der Waals surface area contributed by atoms with Gasteiger partial charge in [-0.3, -0.25) is 0 Å². The van der Waals surface area contributed by atoms with Gasteiger partial charge in [-0.15, -0.1) is 0 Å². The quantitative estimate of drug-likeness (QED) is 0.606. The maximum atomic E-state index is 2.47. The Hall–Kier alpha value is 0. The summed E-state index contributed by atoms with van der Waals surface area (Å²) in [5.41, 5.74) is 0.690. The van der Waals surface area contributed by atoms with Crippen molar-refractivity contribution in [3.63, 3.8) is 0 Å². The molecule has 1 rings (SSSR count). The van der Waals surface area contributed by atoms with Crippen molar-refractivity contribution in [2.24, 2.45) is 29.1 Å². The normalized spacial score (nSPS) is 42.9. The molecule has 0 aromatic carbocycles. The fourth-order valence-electron chi connectivity index (χ4n) is 3.57. The van der Waals surface area contributed by atoms with Gasteiger partial charge >= 0.3 is 0 Å². The van der Waals surface area contributed by atoms with E-state index in [0.29, 0.717) is 5.41 Å². The van der Waals surface area contributed by atoms with Crippen LogP contribution < -0.4 is 0 Å². The van der Waals surface area contributed by atoms with Crippen molar-refractivity contribution in [1.82, 2.24) is 0 Å². The summed E-state index contributed by atoms with van der Waals surface area (Å²) in [7, 11) is 0. The van der Waals surface area contributed by atoms with E-state index in [4.69, 9.17) is 0 Å². The highest BCUT2D eigenvalue weighted by atomic mass is 14.6. The van der Waals surface area contributed by atoms with Gasteiger partial charge in [0, 0.05) is 0 Å². The third-order valence-corrected chi connectivity index (χ3v) is 5.29. The van der Waals surface area contributed by atoms with Crippen LogP contribution in [0.25, 0.3) is 0 Å². The Morgan fingerprint density at radius 2 is 1.54 bits per heavy atom. The van der Waals surface area contributed by atoms with Gasteiger partial charge in [0.15, 0.2) is 0 Å². The van der Waals surface area contributed by atoms with Gasteiger partial charge in [0.25, 0.3) is 0 Å². The van der Waals surface area contributed by atoms with Crippen molar-refractivity contribution < 1.29 is 0 Å². The molecule has 78 valence electrons. The molecular weight excluding hydrogens is 156 g/mol. The Bertz CT molecular complexity index is 163. The molecule has 0 heterocycles. The molecule has 1 saturated carbocycles. The lowest BCUT2D eigenvalue weighted by Crippen LogP contribution is -2.22. The zero-order valence-corrected chi connectivity index (χ0v) is 10.2. The highest BCUT2D eigenvalue weighted by Crippen LogP contribution is 2.66. The van der Waals surface area contributed by atoms with E-state index in [-0.39, 0.29) is 0 Å². The third kappa shape index (κ3) is 1.43. The van der Waals surface area contributed by atoms with Gasteiger partial charge in [0.05, 0.1) is 0 Å². The largest absolute Gasteiger partial charge is 0.0651 e. The minimum absolute atomic E-state index is 0.690. The first-order chi connectivity index (χ1) is 6.02. The molecule has 0 heteroatoms. The minimum atomic E-state index is 0.690. The number of hydrogen-bond donors (Lipinski definition) is 0. The second-order valence-electron chi connectivity index (χ2n) is 5.22. The molecule has 0 bridgehead atoms. The lowest BCUT2D eigenvalue weighted by Gasteiger charge is -2.29. The molecule has 0 nitrogen and oxygen atoms in total. The SMILES string of the molecule is CCC(C)C(C)C1(CC)C(C)C1C. The van der Waals surface area contributed by atoms with Crippen LogP contribution in [0.1, 0.15) is 54.4 Å². The maximum absolute atomic E-state index is 2.47. The van der Waals surface area contributed by atoms with E-state index in [0.717, 1.165) is 23.7 Å². The van der Waals surface area contributed by atoms with Crippen molar-refractivity contribution in [1.29, 1.82) is 0 Å². The fraction of sp³-hybridized carbons (Fsp3) is 1.00. The number of rotatable bonds is 4. The van der Waals surface area contributed by atoms with Crippen LogP contribution in [-0.4, -0.2) is 0 Å². The van der Waals surface area contributed by atoms with Crippen LogP contribution in [0.2, 0.25) is 0 Å². The molecular formula is C13H26. The summed E-state index contributed by atoms with van der Waals surface area (Å²) in [5.74, 6) is 3.72. The summed E-state index contributed by atoms with van der Waals surface area (Å²) < 4.78 is 0. The lowest BCUT2D eigenvalue weighted by atomic mass is 9.76. The monoisotopic (exact) mass is 182 g/mol. The van der Waals surface area contributed by atoms with E-state index in [1.165, 1.54) is 12.8 Å². The first-order valence-corrected chi connectivity index (χ1v) is 6.02. The van der Waals surface area contributed by atoms with Gasteiger partial charge in [-0.1, -0.05) is 48.0 Å². The van der Waals surface area contributed by atoms with Crippen molar-refractivity contribution >= 4 is 0 Å². The predicted octanol–water partition coefficient (Wildman–Crippen LogP) is 4.35. The minimum Gasteiger partial charge on any atom is -0.0651 e. The summed E-state index contributed by atoms with van der Waals surface area (Å²) in [6.07, 6.45) is 2.71. The molecule has 0 amide bonds. The second kappa shape index (κ2) is 3.63. The molecule has 0 aliphatic heterocycles. The van der Waals surface area contributed by atoms with E-state index >= 15 is 0 Å². The van der Waals surface area contributed by atoms with Crippen LogP contribution in [-0.2, 0) is 0 Å². The number of hydrogen-bond acceptors (Lipinski definition) is 0. The van der Waals surface area contributed by atoms with Crippen molar-refractivity contribution in [3.05, 3.63) is 0 Å². The Morgan fingerprint density at radius 3 is 1.77 bits per heavy atom. The average molecular weight is 182 g/mol. The van der Waals surface area contributed by atoms with Crippen LogP contribution >= 0.6 is 0 Å². The summed E-state index contributed by atoms with van der Waals surface area (Å²) >= 11 is 0. The first-order valence-electron chi connectivity index (χ1n) is 6.02. The molecule has 1 fully saturated rings. The summed E-state index contributed by atoms with van der Waals surface area (Å²) in [5, 5.41) is 0. The van der Waals surface area contributed by atoms with Crippen molar-refractivity contribution in [2.45, 2.75) is 54.4 Å². The highest BCUT2D eigenvalue weighted by Gasteiger charge is 2.60. The molecule has 0 spiro atoms. The van der Waals surface area contributed by atoms with Gasteiger partial charge < -0.3 is 0 Å². The standard InChI is InChI=1S/C13H26/c1-7-9(3)10(4)13(8-2)11(5)12(13)6/h9-12H,7-8H2,1-6H3. The van der Waals surface area contributed by atoms with Crippen molar-refractivity contribution in [3.8, 4) is 0 Å². The van der Waals surface area contributed by atoms with Crippen LogP contribution in [0, 0.1) is 29.1 Å². The van der Waals surface area contributed by atoms with Gasteiger partial charge in [0.1, 0.15) is 0 Å². The highest BCUT2D eigenvalue weighted by molar-refractivity contribution is 5.08. The predicted molar refractivity (Wildman–Crippen MR) is 59.7 cm³/mol. The maximum Gasteiger partial charge on any atom is -0.0215 e. The average Bonchev–Trinajstić information content (AvgIpc) is 2.68. The Morgan fingerprint density at radius 1 is 1.08 bits per heavy atom. The fourth-order valence-corrected chi connectivity index (χ4v) is 3.57. The molecule has 4 unspecified atom stereocenters. The van der Waals surface area contributed by atoms with E-state index in [2.05, 4.69) is 41.5 Å². The zero-order valence-electron chi connectivity index (χ0n) is 10.2. The van der Waals surface area contributed by atoms with Crippen LogP contribution in [0.15, 0.2) is 0 Å². The molecule has 1 aliphatic carbocycles. The van der Waals surface area contributed by atoms with Gasteiger partial charge in [-0.25, -0.2) is 0 Å². The molecule has 1 aliphatic rings. The molecule has 0 radical (unpaired) electrons. The summed E-state index contributed by atoms with van der Waals surface area (Å²) in [4.78, 5) is 0. The Balaban J connectivity index is 2.69. The molecule has 0 saturated heterocycles. The summed E-state index contributed by atoms with van der Waals surface area (Å²) in [6, 6.07) is 0. The third-order valence-electron chi connectivity index (χ3n) is 5.29. The van der Waals surface area contributed by atoms with Gasteiger partial charge in [0.2, 0.25) is 0 Å². The zero-order chi connectivity index (χ0) is 10.2. The van der Waals surface area contributed by atoms with Crippen LogP contribution in [0.5, 0.6) is 0 Å². The van der Waals surface area contributed by atoms with E-state index in [1.54, 1.807) is 0 Å². The second-order valence-corrected chi connectivity index (χ2v) is 5.22. The van der Waals surface area contributed by atoms with E-state index < -0.39 is 0 Å². The smallest absolute Gasteiger partial charge is 0.0215 e. The molecule has 0 aromatic heterocycles. The van der Waals surface area contributed by atoms with E-state index in [1.807, 2.05) is 0 Å². The molecule has 4 atom stereocenters. The molecule has 13 heavy (non-hydrogen) atoms. The Kier molecular flexibility index (Phi) is 3.09. The van der Waals surface area contributed by atoms with Crippen molar-refractivity contribution in [2.75, 3.05) is 0 Å². The topological polar surface area (TPSA) is 0 Å². The first kappa shape index (κ1) is 11.1. The molecule has 0 N–H and O–H groups in total. The lowest BCUT2D eigenvalue weighted by molar-refractivity contribution is 0.199. The van der Waals surface area contributed by atoms with Gasteiger partial charge in [-0.2, -0.15) is 0 Å². The van der Waals surface area contributed by atoms with E-state index in [9.17, 15) is 0 Å².